The molecule has 0 spiro atoms. The van der Waals surface area contributed by atoms with Gasteiger partial charge in [0.25, 0.3) is 0 Å². The first kappa shape index (κ1) is 17.6. The monoisotopic (exact) mass is 423 g/mol. The summed E-state index contributed by atoms with van der Waals surface area (Å²) < 4.78 is 0.839. The van der Waals surface area contributed by atoms with Crippen molar-refractivity contribution < 1.29 is 0 Å². The van der Waals surface area contributed by atoms with Crippen molar-refractivity contribution in [2.45, 2.75) is 31.1 Å². The molecular weight excluding hydrogens is 406 g/mol. The van der Waals surface area contributed by atoms with Crippen LogP contribution in [0.2, 0.25) is 5.02 Å². The van der Waals surface area contributed by atoms with Gasteiger partial charge >= 0.3 is 0 Å². The summed E-state index contributed by atoms with van der Waals surface area (Å²) in [6.45, 7) is 0.816. The predicted octanol–water partition coefficient (Wildman–Crippen LogP) is 5.30. The first-order valence-electron chi connectivity index (χ1n) is 8.00. The highest BCUT2D eigenvalue weighted by Crippen LogP contribution is 2.40. The van der Waals surface area contributed by atoms with Crippen molar-refractivity contribution in [2.24, 2.45) is 0 Å². The number of benzene rings is 1. The van der Waals surface area contributed by atoms with Gasteiger partial charge in [-0.1, -0.05) is 54.8 Å². The van der Waals surface area contributed by atoms with E-state index in [9.17, 15) is 0 Å². The molecule has 6 heteroatoms. The van der Waals surface area contributed by atoms with Crippen molar-refractivity contribution in [3.63, 3.8) is 0 Å². The molecular formula is C18H19BrClN3S. The number of nitrogens with one attached hydrogen (secondary N) is 2. The Morgan fingerprint density at radius 3 is 2.62 bits per heavy atom. The Morgan fingerprint density at radius 2 is 1.96 bits per heavy atom. The van der Waals surface area contributed by atoms with Crippen molar-refractivity contribution >= 4 is 50.7 Å². The molecule has 3 nitrogen and oxygen atoms in total. The number of aromatic nitrogens is 1. The molecule has 0 radical (unpaired) electrons. The van der Waals surface area contributed by atoms with Gasteiger partial charge in [-0.2, -0.15) is 0 Å². The third-order valence-electron chi connectivity index (χ3n) is 4.57. The van der Waals surface area contributed by atoms with Crippen LogP contribution in [0.1, 0.15) is 31.2 Å². The fourth-order valence-corrected chi connectivity index (χ4v) is 4.16. The second kappa shape index (κ2) is 7.81. The minimum atomic E-state index is 0.157. The van der Waals surface area contributed by atoms with Crippen molar-refractivity contribution in [2.75, 3.05) is 11.9 Å². The Hall–Kier alpha value is -1.17. The minimum absolute atomic E-state index is 0.157. The lowest BCUT2D eigenvalue weighted by Crippen LogP contribution is -2.40. The van der Waals surface area contributed by atoms with E-state index >= 15 is 0 Å². The van der Waals surface area contributed by atoms with E-state index in [1.807, 2.05) is 0 Å². The van der Waals surface area contributed by atoms with Crippen molar-refractivity contribution in [1.82, 2.24) is 10.3 Å². The van der Waals surface area contributed by atoms with Crippen LogP contribution in [0, 0.1) is 0 Å². The number of hydrogen-bond donors (Lipinski definition) is 2. The van der Waals surface area contributed by atoms with Crippen LogP contribution in [-0.2, 0) is 5.41 Å². The molecule has 0 saturated heterocycles. The zero-order valence-electron chi connectivity index (χ0n) is 13.2. The summed E-state index contributed by atoms with van der Waals surface area (Å²) in [6.07, 6.45) is 6.58. The van der Waals surface area contributed by atoms with Gasteiger partial charge in [-0.15, -0.1) is 0 Å². The van der Waals surface area contributed by atoms with Gasteiger partial charge in [0, 0.05) is 22.6 Å². The molecule has 0 bridgehead atoms. The highest BCUT2D eigenvalue weighted by molar-refractivity contribution is 9.10. The van der Waals surface area contributed by atoms with E-state index in [-0.39, 0.29) is 5.41 Å². The first-order chi connectivity index (χ1) is 11.6. The molecule has 24 heavy (non-hydrogen) atoms. The van der Waals surface area contributed by atoms with Gasteiger partial charge in [-0.25, -0.2) is 4.98 Å². The van der Waals surface area contributed by atoms with E-state index < -0.39 is 0 Å². The van der Waals surface area contributed by atoms with Crippen LogP contribution >= 0.6 is 39.7 Å². The van der Waals surface area contributed by atoms with Gasteiger partial charge < -0.3 is 10.6 Å². The lowest BCUT2D eigenvalue weighted by molar-refractivity contribution is 0.435. The molecule has 1 fully saturated rings. The molecule has 2 aromatic rings. The van der Waals surface area contributed by atoms with E-state index in [2.05, 4.69) is 61.9 Å². The van der Waals surface area contributed by atoms with Gasteiger partial charge in [0.05, 0.1) is 5.02 Å². The normalized spacial score (nSPS) is 15.9. The van der Waals surface area contributed by atoms with Gasteiger partial charge in [0.15, 0.2) is 10.9 Å². The maximum atomic E-state index is 6.18. The standard InChI is InChI=1S/C18H19BrClN3S/c19-14-10-15(20)16(21-11-14)23-17(24)22-12-18(8-4-5-9-18)13-6-2-1-3-7-13/h1-3,6-7,10-11H,4-5,8-9,12H2,(H2,21,22,23,24). The minimum Gasteiger partial charge on any atom is -0.362 e. The average molecular weight is 425 g/mol. The Balaban J connectivity index is 1.66. The van der Waals surface area contributed by atoms with Gasteiger partial charge in [-0.3, -0.25) is 0 Å². The van der Waals surface area contributed by atoms with Crippen LogP contribution < -0.4 is 10.6 Å². The molecule has 1 aliphatic rings. The molecule has 0 aliphatic heterocycles. The number of thiocarbonyl (C=S) groups is 1. The number of hydrogen-bond acceptors (Lipinski definition) is 2. The van der Waals surface area contributed by atoms with Crippen LogP contribution in [0.5, 0.6) is 0 Å². The summed E-state index contributed by atoms with van der Waals surface area (Å²) in [6, 6.07) is 12.5. The molecule has 1 aromatic heterocycles. The second-order valence-corrected chi connectivity index (χ2v) is 7.88. The fourth-order valence-electron chi connectivity index (χ4n) is 3.32. The van der Waals surface area contributed by atoms with Gasteiger partial charge in [0.2, 0.25) is 0 Å². The number of rotatable bonds is 4. The van der Waals surface area contributed by atoms with Crippen LogP contribution in [-0.4, -0.2) is 16.6 Å². The van der Waals surface area contributed by atoms with E-state index in [1.165, 1.54) is 31.2 Å². The number of nitrogens with zero attached hydrogens (tertiary/aromatic N) is 1. The lowest BCUT2D eigenvalue weighted by Gasteiger charge is -2.30. The van der Waals surface area contributed by atoms with E-state index in [0.29, 0.717) is 16.0 Å². The highest BCUT2D eigenvalue weighted by atomic mass is 79.9. The second-order valence-electron chi connectivity index (χ2n) is 6.15. The molecule has 0 unspecified atom stereocenters. The molecule has 1 aliphatic carbocycles. The topological polar surface area (TPSA) is 37.0 Å². The van der Waals surface area contributed by atoms with Crippen LogP contribution in [0.3, 0.4) is 0 Å². The van der Waals surface area contributed by atoms with E-state index in [4.69, 9.17) is 23.8 Å². The SMILES string of the molecule is S=C(NCC1(c2ccccc2)CCCC1)Nc1ncc(Br)cc1Cl. The summed E-state index contributed by atoms with van der Waals surface area (Å²) in [5.41, 5.74) is 1.54. The van der Waals surface area contributed by atoms with Crippen molar-refractivity contribution in [1.29, 1.82) is 0 Å². The first-order valence-corrected chi connectivity index (χ1v) is 9.58. The Labute approximate surface area is 161 Å². The van der Waals surface area contributed by atoms with Gasteiger partial charge in [-0.05, 0) is 52.6 Å². The lowest BCUT2D eigenvalue weighted by atomic mass is 9.79. The van der Waals surface area contributed by atoms with E-state index in [1.54, 1.807) is 12.3 Å². The highest BCUT2D eigenvalue weighted by Gasteiger charge is 2.35. The number of anilines is 1. The largest absolute Gasteiger partial charge is 0.362 e. The summed E-state index contributed by atoms with van der Waals surface area (Å²) in [7, 11) is 0. The third-order valence-corrected chi connectivity index (χ3v) is 5.54. The third kappa shape index (κ3) is 4.08. The molecule has 0 atom stereocenters. The van der Waals surface area contributed by atoms with Crippen LogP contribution in [0.25, 0.3) is 0 Å². The zero-order valence-corrected chi connectivity index (χ0v) is 16.3. The van der Waals surface area contributed by atoms with Crippen molar-refractivity contribution in [3.05, 3.63) is 57.7 Å². The molecule has 0 amide bonds. The molecule has 3 rings (SSSR count). The van der Waals surface area contributed by atoms with Crippen molar-refractivity contribution in [3.8, 4) is 0 Å². The summed E-state index contributed by atoms with van der Waals surface area (Å²) >= 11 is 15.0. The van der Waals surface area contributed by atoms with E-state index in [0.717, 1.165) is 11.0 Å². The Kier molecular flexibility index (Phi) is 5.74. The molecule has 2 N–H and O–H groups in total. The summed E-state index contributed by atoms with van der Waals surface area (Å²) in [5, 5.41) is 7.54. The molecule has 1 heterocycles. The maximum absolute atomic E-state index is 6.18. The smallest absolute Gasteiger partial charge is 0.172 e. The summed E-state index contributed by atoms with van der Waals surface area (Å²) in [4.78, 5) is 4.26. The Morgan fingerprint density at radius 1 is 1.25 bits per heavy atom. The Bertz CT molecular complexity index is 717. The molecule has 126 valence electrons. The predicted molar refractivity (Wildman–Crippen MR) is 108 cm³/mol. The van der Waals surface area contributed by atoms with Crippen LogP contribution in [0.15, 0.2) is 47.1 Å². The number of pyridine rings is 1. The fraction of sp³-hybridized carbons (Fsp3) is 0.333. The van der Waals surface area contributed by atoms with Crippen LogP contribution in [0.4, 0.5) is 5.82 Å². The summed E-state index contributed by atoms with van der Waals surface area (Å²) in [5.74, 6) is 0.567. The zero-order chi connectivity index (χ0) is 17.0. The molecule has 1 aromatic carbocycles. The number of halogens is 2. The average Bonchev–Trinajstić information content (AvgIpc) is 3.07. The quantitative estimate of drug-likeness (QED) is 0.653. The van der Waals surface area contributed by atoms with Gasteiger partial charge in [0.1, 0.15) is 0 Å². The molecule has 1 saturated carbocycles. The maximum Gasteiger partial charge on any atom is 0.172 e.